The summed E-state index contributed by atoms with van der Waals surface area (Å²) in [5, 5.41) is 0.426. The molecule has 2 aromatic rings. The lowest BCUT2D eigenvalue weighted by molar-refractivity contribution is 0.0465. The minimum atomic E-state index is -1.55. The molecule has 1 aliphatic carbocycles. The Labute approximate surface area is 162 Å². The van der Waals surface area contributed by atoms with E-state index in [-0.39, 0.29) is 11.4 Å². The largest absolute Gasteiger partial charge is 0.591 e. The highest BCUT2D eigenvalue weighted by Gasteiger charge is 2.43. The third kappa shape index (κ3) is 3.55. The summed E-state index contributed by atoms with van der Waals surface area (Å²) in [7, 11) is 1.57. The van der Waals surface area contributed by atoms with Crippen molar-refractivity contribution < 1.29 is 8.94 Å². The normalized spacial score (nSPS) is 18.4. The quantitative estimate of drug-likeness (QED) is 0.589. The zero-order chi connectivity index (χ0) is 20.1. The van der Waals surface area contributed by atoms with Crippen molar-refractivity contribution >= 4 is 28.0 Å². The summed E-state index contributed by atoms with van der Waals surface area (Å²) in [4.78, 5) is 17.5. The van der Waals surface area contributed by atoms with Gasteiger partial charge in [-0.15, -0.1) is 0 Å². The van der Waals surface area contributed by atoms with Crippen molar-refractivity contribution in [1.29, 1.82) is 0 Å². The lowest BCUT2D eigenvalue weighted by Crippen LogP contribution is -2.37. The Hall–Kier alpha value is -1.73. The molecule has 0 spiro atoms. The molecule has 7 heteroatoms. The second-order valence-electron chi connectivity index (χ2n) is 8.37. The molecule has 1 aromatic carbocycles. The van der Waals surface area contributed by atoms with Gasteiger partial charge in [0.05, 0.1) is 16.6 Å². The fraction of sp³-hybridized carbons (Fsp3) is 0.550. The van der Waals surface area contributed by atoms with E-state index < -0.39 is 21.8 Å². The average Bonchev–Trinajstić information content (AvgIpc) is 2.54. The van der Waals surface area contributed by atoms with Crippen molar-refractivity contribution in [1.82, 2.24) is 9.55 Å². The first-order chi connectivity index (χ1) is 12.4. The van der Waals surface area contributed by atoms with E-state index in [0.29, 0.717) is 35.0 Å². The van der Waals surface area contributed by atoms with Crippen LogP contribution >= 0.6 is 0 Å². The molecule has 0 bridgehead atoms. The third-order valence-corrected chi connectivity index (χ3v) is 6.49. The second-order valence-corrected chi connectivity index (χ2v) is 10.3. The number of benzene rings is 1. The van der Waals surface area contributed by atoms with Crippen LogP contribution in [0.4, 0.5) is 4.39 Å². The SMILES string of the molecule is CC(=N[S@+]([O-])C(C)(C)C)c1cc(C)cc2c(=O)n(C)c(C3(F)CCC3)nc12. The van der Waals surface area contributed by atoms with E-state index in [0.717, 1.165) is 12.0 Å². The Kier molecular flexibility index (Phi) is 4.97. The third-order valence-electron chi connectivity index (χ3n) is 5.01. The summed E-state index contributed by atoms with van der Waals surface area (Å²) >= 11 is -1.44. The number of hydrogen-bond acceptors (Lipinski definition) is 4. The van der Waals surface area contributed by atoms with E-state index in [9.17, 15) is 9.35 Å². The minimum absolute atomic E-state index is 0.168. The van der Waals surface area contributed by atoms with Gasteiger partial charge in [-0.2, -0.15) is 0 Å². The number of rotatable bonds is 3. The molecular formula is C20H26FN3O2S. The Morgan fingerprint density at radius 3 is 2.52 bits per heavy atom. The van der Waals surface area contributed by atoms with Crippen LogP contribution in [0.2, 0.25) is 0 Å². The van der Waals surface area contributed by atoms with Crippen LogP contribution in [0.15, 0.2) is 21.3 Å². The maximum atomic E-state index is 15.1. The van der Waals surface area contributed by atoms with Gasteiger partial charge in [-0.05, 0) is 71.6 Å². The summed E-state index contributed by atoms with van der Waals surface area (Å²) in [6.07, 6.45) is 1.54. The van der Waals surface area contributed by atoms with E-state index in [1.807, 2.05) is 33.8 Å². The van der Waals surface area contributed by atoms with Crippen LogP contribution in [0.1, 0.15) is 63.9 Å². The summed E-state index contributed by atoms with van der Waals surface area (Å²) in [6.45, 7) is 9.19. The van der Waals surface area contributed by atoms with Crippen LogP contribution in [-0.2, 0) is 24.1 Å². The molecule has 1 aliphatic rings. The van der Waals surface area contributed by atoms with Gasteiger partial charge in [0.2, 0.25) is 0 Å². The van der Waals surface area contributed by atoms with Crippen molar-refractivity contribution in [3.8, 4) is 0 Å². The van der Waals surface area contributed by atoms with Gasteiger partial charge in [0.15, 0.2) is 5.67 Å². The molecule has 1 fully saturated rings. The Morgan fingerprint density at radius 1 is 1.37 bits per heavy atom. The van der Waals surface area contributed by atoms with Crippen LogP contribution in [0.25, 0.3) is 10.9 Å². The zero-order valence-corrected chi connectivity index (χ0v) is 17.5. The molecule has 0 radical (unpaired) electrons. The van der Waals surface area contributed by atoms with Crippen LogP contribution in [0.3, 0.4) is 0 Å². The number of halogens is 1. The molecule has 146 valence electrons. The first-order valence-electron chi connectivity index (χ1n) is 9.12. The van der Waals surface area contributed by atoms with Crippen LogP contribution in [0.5, 0.6) is 0 Å². The monoisotopic (exact) mass is 391 g/mol. The standard InChI is InChI=1S/C20H26FN3O2S/c1-12-10-14(13(2)23-27(26)19(3,4)5)16-15(11-12)17(25)24(6)18(22-16)20(21)8-7-9-20/h10-11H,7-9H2,1-6H3/t27-/m1/s1. The minimum Gasteiger partial charge on any atom is -0.591 e. The maximum Gasteiger partial charge on any atom is 0.261 e. The summed E-state index contributed by atoms with van der Waals surface area (Å²) in [5.74, 6) is 0.168. The number of aromatic nitrogens is 2. The fourth-order valence-electron chi connectivity index (χ4n) is 3.22. The molecule has 1 aromatic heterocycles. The number of aryl methyl sites for hydroxylation is 1. The smallest absolute Gasteiger partial charge is 0.261 e. The predicted octanol–water partition coefficient (Wildman–Crippen LogP) is 3.86. The highest BCUT2D eigenvalue weighted by atomic mass is 32.2. The van der Waals surface area contributed by atoms with Crippen molar-refractivity contribution in [2.24, 2.45) is 11.4 Å². The average molecular weight is 392 g/mol. The second kappa shape index (κ2) is 6.71. The van der Waals surface area contributed by atoms with Gasteiger partial charge < -0.3 is 4.55 Å². The van der Waals surface area contributed by atoms with E-state index >= 15 is 4.39 Å². The van der Waals surface area contributed by atoms with Crippen molar-refractivity contribution in [2.75, 3.05) is 0 Å². The van der Waals surface area contributed by atoms with E-state index in [4.69, 9.17) is 0 Å². The topological polar surface area (TPSA) is 70.3 Å². The van der Waals surface area contributed by atoms with Crippen molar-refractivity contribution in [3.63, 3.8) is 0 Å². The first kappa shape index (κ1) is 20.0. The number of fused-ring (bicyclic) bond motifs is 1. The van der Waals surface area contributed by atoms with Gasteiger partial charge in [0.25, 0.3) is 5.56 Å². The molecule has 0 aliphatic heterocycles. The maximum absolute atomic E-state index is 15.1. The number of alkyl halides is 1. The predicted molar refractivity (Wildman–Crippen MR) is 108 cm³/mol. The molecular weight excluding hydrogens is 365 g/mol. The molecule has 1 saturated carbocycles. The lowest BCUT2D eigenvalue weighted by Gasteiger charge is -2.34. The molecule has 0 saturated heterocycles. The van der Waals surface area contributed by atoms with E-state index in [1.54, 1.807) is 20.0 Å². The molecule has 0 unspecified atom stereocenters. The zero-order valence-electron chi connectivity index (χ0n) is 16.7. The number of nitrogens with zero attached hydrogens (tertiary/aromatic N) is 3. The van der Waals surface area contributed by atoms with Crippen LogP contribution in [-0.4, -0.2) is 24.6 Å². The van der Waals surface area contributed by atoms with Crippen molar-refractivity contribution in [3.05, 3.63) is 39.4 Å². The van der Waals surface area contributed by atoms with Gasteiger partial charge in [0, 0.05) is 12.6 Å². The number of hydrogen-bond donors (Lipinski definition) is 0. The highest BCUT2D eigenvalue weighted by molar-refractivity contribution is 7.91. The van der Waals surface area contributed by atoms with Gasteiger partial charge in [-0.3, -0.25) is 9.36 Å². The molecule has 5 nitrogen and oxygen atoms in total. The molecule has 1 atom stereocenters. The van der Waals surface area contributed by atoms with Gasteiger partial charge >= 0.3 is 0 Å². The summed E-state index contributed by atoms with van der Waals surface area (Å²) < 4.78 is 32.7. The van der Waals surface area contributed by atoms with Crippen molar-refractivity contribution in [2.45, 2.75) is 64.3 Å². The summed E-state index contributed by atoms with van der Waals surface area (Å²) in [5.41, 5.74) is 0.640. The lowest BCUT2D eigenvalue weighted by atomic mass is 9.81. The highest BCUT2D eigenvalue weighted by Crippen LogP contribution is 2.44. The van der Waals surface area contributed by atoms with Gasteiger partial charge in [-0.25, -0.2) is 9.37 Å². The Morgan fingerprint density at radius 2 is 2.00 bits per heavy atom. The molecule has 3 rings (SSSR count). The van der Waals surface area contributed by atoms with E-state index in [1.165, 1.54) is 4.57 Å². The molecule has 1 heterocycles. The molecule has 0 amide bonds. The van der Waals surface area contributed by atoms with Gasteiger partial charge in [-0.1, -0.05) is 4.40 Å². The molecule has 27 heavy (non-hydrogen) atoms. The summed E-state index contributed by atoms with van der Waals surface area (Å²) in [6, 6.07) is 3.63. The van der Waals surface area contributed by atoms with Crippen LogP contribution in [0, 0.1) is 6.92 Å². The Bertz CT molecular complexity index is 987. The Balaban J connectivity index is 2.27. The van der Waals surface area contributed by atoms with E-state index in [2.05, 4.69) is 9.38 Å². The van der Waals surface area contributed by atoms with Gasteiger partial charge in [0.1, 0.15) is 21.9 Å². The molecule has 0 N–H and O–H groups in total. The fourth-order valence-corrected chi connectivity index (χ4v) is 3.84. The first-order valence-corrected chi connectivity index (χ1v) is 10.2. The van der Waals surface area contributed by atoms with Crippen LogP contribution < -0.4 is 5.56 Å².